The number of nitrogens with zero attached hydrogens (tertiary/aromatic N) is 1. The van der Waals surface area contributed by atoms with Gasteiger partial charge in [0.05, 0.1) is 12.2 Å². The van der Waals surface area contributed by atoms with E-state index in [4.69, 9.17) is 4.74 Å². The average molecular weight is 241 g/mol. The van der Waals surface area contributed by atoms with Crippen LogP contribution in [0.2, 0.25) is 0 Å². The largest absolute Gasteiger partial charge is 0.373 e. The van der Waals surface area contributed by atoms with Crippen molar-refractivity contribution < 1.29 is 13.5 Å². The molecular formula is C13H17F2NO. The number of ether oxygens (including phenoxy) is 1. The fourth-order valence-electron chi connectivity index (χ4n) is 2.32. The van der Waals surface area contributed by atoms with Crippen molar-refractivity contribution in [2.75, 3.05) is 13.1 Å². The van der Waals surface area contributed by atoms with Gasteiger partial charge in [0.25, 0.3) is 0 Å². The number of halogens is 2. The third-order valence-electron chi connectivity index (χ3n) is 2.94. The summed E-state index contributed by atoms with van der Waals surface area (Å²) < 4.78 is 32.6. The molecule has 4 heteroatoms. The van der Waals surface area contributed by atoms with Crippen LogP contribution in [-0.4, -0.2) is 30.2 Å². The first-order valence-corrected chi connectivity index (χ1v) is 5.87. The number of hydrogen-bond donors (Lipinski definition) is 0. The summed E-state index contributed by atoms with van der Waals surface area (Å²) in [4.78, 5) is 2.03. The predicted octanol–water partition coefficient (Wildman–Crippen LogP) is 2.57. The van der Waals surface area contributed by atoms with Crippen LogP contribution in [0.15, 0.2) is 18.2 Å². The van der Waals surface area contributed by atoms with E-state index in [1.54, 1.807) is 0 Å². The molecule has 0 amide bonds. The summed E-state index contributed by atoms with van der Waals surface area (Å²) in [5.74, 6) is -0.950. The van der Waals surface area contributed by atoms with Gasteiger partial charge in [-0.25, -0.2) is 8.78 Å². The summed E-state index contributed by atoms with van der Waals surface area (Å²) >= 11 is 0. The summed E-state index contributed by atoms with van der Waals surface area (Å²) in [6, 6.07) is 3.98. The second kappa shape index (κ2) is 5.10. The molecular weight excluding hydrogens is 224 g/mol. The van der Waals surface area contributed by atoms with Crippen LogP contribution in [0.25, 0.3) is 0 Å². The lowest BCUT2D eigenvalue weighted by Crippen LogP contribution is -2.45. The Morgan fingerprint density at radius 2 is 1.71 bits per heavy atom. The minimum atomic E-state index is -0.475. The van der Waals surface area contributed by atoms with E-state index in [-0.39, 0.29) is 17.8 Å². The van der Waals surface area contributed by atoms with Crippen molar-refractivity contribution in [1.29, 1.82) is 0 Å². The van der Waals surface area contributed by atoms with Crippen molar-refractivity contribution in [2.45, 2.75) is 32.6 Å². The quantitative estimate of drug-likeness (QED) is 0.789. The standard InChI is InChI=1S/C13H17F2NO/c1-9-6-16(7-10(2)17-9)8-11-12(14)4-3-5-13(11)15/h3-5,9-10H,6-8H2,1-2H3/t9-,10-/m1/s1. The SMILES string of the molecule is C[C@@H]1CN(Cc2c(F)cccc2F)C[C@@H](C)O1. The lowest BCUT2D eigenvalue weighted by Gasteiger charge is -2.35. The van der Waals surface area contributed by atoms with Crippen LogP contribution in [0.3, 0.4) is 0 Å². The maximum atomic E-state index is 13.5. The number of hydrogen-bond acceptors (Lipinski definition) is 2. The van der Waals surface area contributed by atoms with E-state index < -0.39 is 11.6 Å². The molecule has 0 spiro atoms. The summed E-state index contributed by atoms with van der Waals surface area (Å²) in [5.41, 5.74) is 0.147. The number of benzene rings is 1. The lowest BCUT2D eigenvalue weighted by atomic mass is 10.1. The first kappa shape index (κ1) is 12.5. The van der Waals surface area contributed by atoms with E-state index in [9.17, 15) is 8.78 Å². The first-order valence-electron chi connectivity index (χ1n) is 5.87. The van der Waals surface area contributed by atoms with Gasteiger partial charge in [0.2, 0.25) is 0 Å². The van der Waals surface area contributed by atoms with Crippen molar-refractivity contribution >= 4 is 0 Å². The van der Waals surface area contributed by atoms with E-state index in [1.165, 1.54) is 18.2 Å². The fraction of sp³-hybridized carbons (Fsp3) is 0.538. The van der Waals surface area contributed by atoms with Gasteiger partial charge < -0.3 is 4.74 Å². The zero-order chi connectivity index (χ0) is 12.4. The molecule has 1 aliphatic rings. The molecule has 0 unspecified atom stereocenters. The first-order chi connectivity index (χ1) is 8.06. The molecule has 1 fully saturated rings. The zero-order valence-electron chi connectivity index (χ0n) is 10.1. The maximum absolute atomic E-state index is 13.5. The second-order valence-corrected chi connectivity index (χ2v) is 4.65. The molecule has 1 aromatic rings. The second-order valence-electron chi connectivity index (χ2n) is 4.65. The maximum Gasteiger partial charge on any atom is 0.130 e. The molecule has 1 aromatic carbocycles. The summed E-state index contributed by atoms with van der Waals surface area (Å²) in [5, 5.41) is 0. The van der Waals surface area contributed by atoms with E-state index in [0.29, 0.717) is 19.6 Å². The highest BCUT2D eigenvalue weighted by atomic mass is 19.1. The van der Waals surface area contributed by atoms with Crippen molar-refractivity contribution in [3.8, 4) is 0 Å². The van der Waals surface area contributed by atoms with Gasteiger partial charge in [-0.1, -0.05) is 6.07 Å². The molecule has 1 heterocycles. The van der Waals surface area contributed by atoms with Crippen LogP contribution < -0.4 is 0 Å². The van der Waals surface area contributed by atoms with Crippen LogP contribution >= 0.6 is 0 Å². The topological polar surface area (TPSA) is 12.5 Å². The molecule has 2 nitrogen and oxygen atoms in total. The highest BCUT2D eigenvalue weighted by Gasteiger charge is 2.23. The third kappa shape index (κ3) is 3.01. The van der Waals surface area contributed by atoms with Crippen LogP contribution in [0, 0.1) is 11.6 Å². The number of morpholine rings is 1. The number of rotatable bonds is 2. The molecule has 1 aliphatic heterocycles. The van der Waals surface area contributed by atoms with Crippen molar-refractivity contribution in [3.63, 3.8) is 0 Å². The molecule has 0 aliphatic carbocycles. The Kier molecular flexibility index (Phi) is 3.74. The van der Waals surface area contributed by atoms with E-state index in [0.717, 1.165) is 0 Å². The molecule has 0 bridgehead atoms. The van der Waals surface area contributed by atoms with E-state index in [2.05, 4.69) is 0 Å². The Labute approximate surface area is 100 Å². The smallest absolute Gasteiger partial charge is 0.130 e. The van der Waals surface area contributed by atoms with Gasteiger partial charge in [-0.05, 0) is 26.0 Å². The van der Waals surface area contributed by atoms with Gasteiger partial charge >= 0.3 is 0 Å². The Morgan fingerprint density at radius 3 is 2.24 bits per heavy atom. The van der Waals surface area contributed by atoms with Gasteiger partial charge in [0.1, 0.15) is 11.6 Å². The van der Waals surface area contributed by atoms with Crippen LogP contribution in [0.1, 0.15) is 19.4 Å². The lowest BCUT2D eigenvalue weighted by molar-refractivity contribution is -0.0709. The molecule has 1 saturated heterocycles. The monoisotopic (exact) mass is 241 g/mol. The highest BCUT2D eigenvalue weighted by Crippen LogP contribution is 2.18. The van der Waals surface area contributed by atoms with Crippen LogP contribution in [-0.2, 0) is 11.3 Å². The van der Waals surface area contributed by atoms with Crippen molar-refractivity contribution in [3.05, 3.63) is 35.4 Å². The Balaban J connectivity index is 2.10. The van der Waals surface area contributed by atoms with Gasteiger partial charge in [-0.2, -0.15) is 0 Å². The minimum absolute atomic E-state index is 0.105. The Hall–Kier alpha value is -1.00. The van der Waals surface area contributed by atoms with Crippen molar-refractivity contribution in [2.24, 2.45) is 0 Å². The molecule has 2 atom stereocenters. The third-order valence-corrected chi connectivity index (χ3v) is 2.94. The molecule has 0 N–H and O–H groups in total. The summed E-state index contributed by atoms with van der Waals surface area (Å²) in [6.07, 6.45) is 0.210. The van der Waals surface area contributed by atoms with Crippen molar-refractivity contribution in [1.82, 2.24) is 4.90 Å². The zero-order valence-corrected chi connectivity index (χ0v) is 10.1. The summed E-state index contributed by atoms with van der Waals surface area (Å²) in [6.45, 7) is 5.66. The highest BCUT2D eigenvalue weighted by molar-refractivity contribution is 5.19. The van der Waals surface area contributed by atoms with Gasteiger partial charge in [-0.3, -0.25) is 4.90 Å². The molecule has 0 aromatic heterocycles. The molecule has 94 valence electrons. The Morgan fingerprint density at radius 1 is 1.18 bits per heavy atom. The predicted molar refractivity (Wildman–Crippen MR) is 61.6 cm³/mol. The van der Waals surface area contributed by atoms with E-state index in [1.807, 2.05) is 18.7 Å². The van der Waals surface area contributed by atoms with Gasteiger partial charge in [-0.15, -0.1) is 0 Å². The average Bonchev–Trinajstić information content (AvgIpc) is 2.22. The van der Waals surface area contributed by atoms with Gasteiger partial charge in [0, 0.05) is 25.2 Å². The summed E-state index contributed by atoms with van der Waals surface area (Å²) in [7, 11) is 0. The van der Waals surface area contributed by atoms with E-state index >= 15 is 0 Å². The molecule has 0 radical (unpaired) electrons. The van der Waals surface area contributed by atoms with Gasteiger partial charge in [0.15, 0.2) is 0 Å². The normalized spacial score (nSPS) is 26.1. The molecule has 0 saturated carbocycles. The Bertz CT molecular complexity index is 367. The minimum Gasteiger partial charge on any atom is -0.373 e. The molecule has 2 rings (SSSR count). The molecule has 17 heavy (non-hydrogen) atoms. The fourth-order valence-corrected chi connectivity index (χ4v) is 2.32. The van der Waals surface area contributed by atoms with Crippen LogP contribution in [0.5, 0.6) is 0 Å². The van der Waals surface area contributed by atoms with Crippen LogP contribution in [0.4, 0.5) is 8.78 Å².